The van der Waals surface area contributed by atoms with Crippen molar-refractivity contribution in [2.75, 3.05) is 32.7 Å². The molecule has 98 valence electrons. The number of fused-ring (bicyclic) bond motifs is 1. The molecule has 2 aliphatic heterocycles. The minimum atomic E-state index is 0.255. The van der Waals surface area contributed by atoms with Crippen LogP contribution in [0.15, 0.2) is 0 Å². The van der Waals surface area contributed by atoms with Crippen molar-refractivity contribution in [2.24, 2.45) is 5.41 Å². The van der Waals surface area contributed by atoms with Gasteiger partial charge in [0.25, 0.3) is 0 Å². The molecule has 17 heavy (non-hydrogen) atoms. The van der Waals surface area contributed by atoms with E-state index in [9.17, 15) is 4.79 Å². The van der Waals surface area contributed by atoms with Crippen LogP contribution in [-0.2, 0) is 0 Å². The molecule has 1 N–H and O–H groups in total. The van der Waals surface area contributed by atoms with E-state index in [-0.39, 0.29) is 6.03 Å². The molecule has 4 heteroatoms. The van der Waals surface area contributed by atoms with Gasteiger partial charge >= 0.3 is 6.03 Å². The van der Waals surface area contributed by atoms with Gasteiger partial charge in [0, 0.05) is 32.7 Å². The Labute approximate surface area is 104 Å². The smallest absolute Gasteiger partial charge is 0.320 e. The Morgan fingerprint density at radius 3 is 2.82 bits per heavy atom. The second-order valence-electron chi connectivity index (χ2n) is 6.44. The molecule has 2 fully saturated rings. The Hall–Kier alpha value is -0.770. The molecule has 0 bridgehead atoms. The van der Waals surface area contributed by atoms with E-state index in [4.69, 9.17) is 0 Å². The molecule has 0 aliphatic carbocycles. The highest BCUT2D eigenvalue weighted by Crippen LogP contribution is 2.23. The minimum absolute atomic E-state index is 0.255. The Morgan fingerprint density at radius 1 is 1.41 bits per heavy atom. The number of amides is 2. The SMILES string of the molecule is CC(C)(C)CCCN1CC2CNCCN2C1=O. The van der Waals surface area contributed by atoms with Crippen molar-refractivity contribution in [1.82, 2.24) is 15.1 Å². The summed E-state index contributed by atoms with van der Waals surface area (Å²) in [6.07, 6.45) is 2.29. The maximum Gasteiger partial charge on any atom is 0.320 e. The molecule has 0 aromatic rings. The van der Waals surface area contributed by atoms with Gasteiger partial charge in [0.15, 0.2) is 0 Å². The average Bonchev–Trinajstić information content (AvgIpc) is 2.55. The van der Waals surface area contributed by atoms with Crippen LogP contribution in [0.25, 0.3) is 0 Å². The zero-order chi connectivity index (χ0) is 12.5. The standard InChI is InChI=1S/C13H25N3O/c1-13(2,3)5-4-7-15-10-11-9-14-6-8-16(11)12(15)17/h11,14H,4-10H2,1-3H3. The molecular weight excluding hydrogens is 214 g/mol. The lowest BCUT2D eigenvalue weighted by Crippen LogP contribution is -2.49. The summed E-state index contributed by atoms with van der Waals surface area (Å²) < 4.78 is 0. The first-order valence-electron chi connectivity index (χ1n) is 6.74. The first kappa shape index (κ1) is 12.7. The largest absolute Gasteiger partial charge is 0.323 e. The van der Waals surface area contributed by atoms with Crippen LogP contribution in [0.5, 0.6) is 0 Å². The fourth-order valence-corrected chi connectivity index (χ4v) is 2.68. The van der Waals surface area contributed by atoms with Gasteiger partial charge in [-0.1, -0.05) is 20.8 Å². The van der Waals surface area contributed by atoms with Crippen LogP contribution in [0.1, 0.15) is 33.6 Å². The summed E-state index contributed by atoms with van der Waals surface area (Å²) in [5, 5.41) is 3.36. The topological polar surface area (TPSA) is 35.6 Å². The van der Waals surface area contributed by atoms with Crippen LogP contribution in [0.3, 0.4) is 0 Å². The number of rotatable bonds is 3. The number of urea groups is 1. The van der Waals surface area contributed by atoms with Crippen molar-refractivity contribution in [3.63, 3.8) is 0 Å². The number of nitrogens with one attached hydrogen (secondary N) is 1. The lowest BCUT2D eigenvalue weighted by molar-refractivity contribution is 0.178. The predicted octanol–water partition coefficient (Wildman–Crippen LogP) is 1.52. The van der Waals surface area contributed by atoms with Crippen LogP contribution in [0, 0.1) is 5.41 Å². The molecular formula is C13H25N3O. The maximum atomic E-state index is 12.1. The van der Waals surface area contributed by atoms with Crippen molar-refractivity contribution in [1.29, 1.82) is 0 Å². The number of hydrogen-bond acceptors (Lipinski definition) is 2. The van der Waals surface area contributed by atoms with Gasteiger partial charge in [-0.05, 0) is 18.3 Å². The van der Waals surface area contributed by atoms with Crippen LogP contribution in [-0.4, -0.2) is 54.6 Å². The van der Waals surface area contributed by atoms with E-state index in [1.54, 1.807) is 0 Å². The molecule has 0 radical (unpaired) electrons. The predicted molar refractivity (Wildman–Crippen MR) is 69.0 cm³/mol. The van der Waals surface area contributed by atoms with Crippen molar-refractivity contribution in [3.8, 4) is 0 Å². The van der Waals surface area contributed by atoms with Gasteiger partial charge in [-0.3, -0.25) is 0 Å². The molecule has 4 nitrogen and oxygen atoms in total. The fourth-order valence-electron chi connectivity index (χ4n) is 2.68. The van der Waals surface area contributed by atoms with Crippen molar-refractivity contribution in [3.05, 3.63) is 0 Å². The number of nitrogens with zero attached hydrogens (tertiary/aromatic N) is 2. The normalized spacial score (nSPS) is 25.4. The van der Waals surface area contributed by atoms with E-state index in [0.717, 1.165) is 39.1 Å². The van der Waals surface area contributed by atoms with Crippen molar-refractivity contribution >= 4 is 6.03 Å². The summed E-state index contributed by atoms with van der Waals surface area (Å²) >= 11 is 0. The summed E-state index contributed by atoms with van der Waals surface area (Å²) in [6, 6.07) is 0.663. The molecule has 2 amide bonds. The third kappa shape index (κ3) is 3.12. The van der Waals surface area contributed by atoms with Crippen LogP contribution in [0.2, 0.25) is 0 Å². The van der Waals surface area contributed by atoms with Crippen molar-refractivity contribution in [2.45, 2.75) is 39.7 Å². The molecule has 0 aromatic carbocycles. The van der Waals surface area contributed by atoms with Gasteiger partial charge in [0.2, 0.25) is 0 Å². The zero-order valence-electron chi connectivity index (χ0n) is 11.3. The Balaban J connectivity index is 1.80. The first-order chi connectivity index (χ1) is 7.97. The molecule has 2 rings (SSSR count). The lowest BCUT2D eigenvalue weighted by atomic mass is 9.90. The van der Waals surface area contributed by atoms with Gasteiger partial charge in [-0.15, -0.1) is 0 Å². The lowest BCUT2D eigenvalue weighted by Gasteiger charge is -2.28. The average molecular weight is 239 g/mol. The van der Waals surface area contributed by atoms with Gasteiger partial charge in [0.1, 0.15) is 0 Å². The number of carbonyl (C=O) groups excluding carboxylic acids is 1. The fraction of sp³-hybridized carbons (Fsp3) is 0.923. The van der Waals surface area contributed by atoms with Gasteiger partial charge in [-0.2, -0.15) is 0 Å². The zero-order valence-corrected chi connectivity index (χ0v) is 11.3. The highest BCUT2D eigenvalue weighted by atomic mass is 16.2. The number of piperazine rings is 1. The molecule has 2 heterocycles. The molecule has 2 aliphatic rings. The quantitative estimate of drug-likeness (QED) is 0.810. The molecule has 1 atom stereocenters. The molecule has 0 spiro atoms. The summed E-state index contributed by atoms with van der Waals surface area (Å²) in [7, 11) is 0. The Bertz CT molecular complexity index is 285. The van der Waals surface area contributed by atoms with E-state index < -0.39 is 0 Å². The number of hydrogen-bond donors (Lipinski definition) is 1. The summed E-state index contributed by atoms with van der Waals surface area (Å²) in [5.74, 6) is 0. The summed E-state index contributed by atoms with van der Waals surface area (Å²) in [4.78, 5) is 16.2. The summed E-state index contributed by atoms with van der Waals surface area (Å²) in [5.41, 5.74) is 0.372. The molecule has 0 aromatic heterocycles. The first-order valence-corrected chi connectivity index (χ1v) is 6.74. The Morgan fingerprint density at radius 2 is 2.18 bits per heavy atom. The Kier molecular flexibility index (Phi) is 3.61. The number of carbonyl (C=O) groups is 1. The van der Waals surface area contributed by atoms with E-state index in [1.165, 1.54) is 6.42 Å². The van der Waals surface area contributed by atoms with E-state index in [1.807, 2.05) is 9.80 Å². The van der Waals surface area contributed by atoms with E-state index >= 15 is 0 Å². The van der Waals surface area contributed by atoms with Crippen LogP contribution in [0.4, 0.5) is 4.79 Å². The second kappa shape index (κ2) is 4.84. The third-order valence-corrected chi connectivity index (χ3v) is 3.65. The second-order valence-corrected chi connectivity index (χ2v) is 6.44. The molecule has 2 saturated heterocycles. The van der Waals surface area contributed by atoms with E-state index in [2.05, 4.69) is 26.1 Å². The highest BCUT2D eigenvalue weighted by molar-refractivity contribution is 5.77. The van der Waals surface area contributed by atoms with Gasteiger partial charge in [-0.25, -0.2) is 4.79 Å². The minimum Gasteiger partial charge on any atom is -0.323 e. The van der Waals surface area contributed by atoms with Crippen LogP contribution >= 0.6 is 0 Å². The maximum absolute atomic E-state index is 12.1. The third-order valence-electron chi connectivity index (χ3n) is 3.65. The summed E-state index contributed by atoms with van der Waals surface area (Å²) in [6.45, 7) is 11.4. The van der Waals surface area contributed by atoms with Crippen LogP contribution < -0.4 is 5.32 Å². The monoisotopic (exact) mass is 239 g/mol. The highest BCUT2D eigenvalue weighted by Gasteiger charge is 2.37. The van der Waals surface area contributed by atoms with Crippen molar-refractivity contribution < 1.29 is 4.79 Å². The van der Waals surface area contributed by atoms with Gasteiger partial charge in [0.05, 0.1) is 6.04 Å². The molecule has 0 saturated carbocycles. The molecule has 1 unspecified atom stereocenters. The van der Waals surface area contributed by atoms with Gasteiger partial charge < -0.3 is 15.1 Å². The van der Waals surface area contributed by atoms with E-state index in [0.29, 0.717) is 11.5 Å².